The molecule has 0 radical (unpaired) electrons. The van der Waals surface area contributed by atoms with E-state index in [1.807, 2.05) is 0 Å². The van der Waals surface area contributed by atoms with Crippen molar-refractivity contribution in [3.8, 4) is 0 Å². The molecule has 0 saturated heterocycles. The van der Waals surface area contributed by atoms with Crippen LogP contribution < -0.4 is 10.6 Å². The molecule has 0 fully saturated rings. The van der Waals surface area contributed by atoms with Crippen LogP contribution in [0.4, 0.5) is 0 Å². The maximum atomic E-state index is 12.2. The van der Waals surface area contributed by atoms with Gasteiger partial charge in [0.25, 0.3) is 0 Å². The summed E-state index contributed by atoms with van der Waals surface area (Å²) in [6.45, 7) is 2.05. The van der Waals surface area contributed by atoms with Crippen LogP contribution >= 0.6 is 12.4 Å². The molecule has 22 heavy (non-hydrogen) atoms. The number of rotatable bonds is 6. The van der Waals surface area contributed by atoms with Gasteiger partial charge in [-0.1, -0.05) is 13.3 Å². The lowest BCUT2D eigenvalue weighted by Crippen LogP contribution is -2.31. The van der Waals surface area contributed by atoms with Crippen LogP contribution in [0.15, 0.2) is 17.2 Å². The molecule has 0 aliphatic heterocycles. The van der Waals surface area contributed by atoms with Crippen LogP contribution in [0.2, 0.25) is 0 Å². The van der Waals surface area contributed by atoms with Crippen molar-refractivity contribution < 1.29 is 15.0 Å². The number of aliphatic hydroxyl groups is 1. The van der Waals surface area contributed by atoms with Gasteiger partial charge in [-0.05, 0) is 12.8 Å². The standard InChI is InChI=1S/C14H17N3O4.ClH/c1-2-3-4-9-7-11(19)13(10(18)5-6-12(20)21)14-15-8-16-17(9)14;/h7-8,18H,2-6H2,1H3,(H,20,21);1H. The predicted molar refractivity (Wildman–Crippen MR) is 83.2 cm³/mol. The second-order valence-corrected chi connectivity index (χ2v) is 4.81. The zero-order chi connectivity index (χ0) is 15.4. The molecule has 0 aliphatic carbocycles. The summed E-state index contributed by atoms with van der Waals surface area (Å²) in [6, 6.07) is 1.43. The van der Waals surface area contributed by atoms with Gasteiger partial charge < -0.3 is 10.2 Å². The lowest BCUT2D eigenvalue weighted by Gasteiger charge is -2.04. The topological polar surface area (TPSA) is 105 Å². The van der Waals surface area contributed by atoms with Gasteiger partial charge in [0.15, 0.2) is 11.1 Å². The van der Waals surface area contributed by atoms with Crippen molar-refractivity contribution in [1.29, 1.82) is 0 Å². The van der Waals surface area contributed by atoms with Crippen molar-refractivity contribution in [3.63, 3.8) is 0 Å². The molecule has 0 amide bonds. The summed E-state index contributed by atoms with van der Waals surface area (Å²) >= 11 is 0. The minimum Gasteiger partial charge on any atom is -0.511 e. The molecule has 0 spiro atoms. The Morgan fingerprint density at radius 2 is 2.05 bits per heavy atom. The highest BCUT2D eigenvalue weighted by Gasteiger charge is 2.12. The van der Waals surface area contributed by atoms with Gasteiger partial charge in [0.1, 0.15) is 17.3 Å². The van der Waals surface area contributed by atoms with Crippen LogP contribution in [0, 0.1) is 0 Å². The predicted octanol–water partition coefficient (Wildman–Crippen LogP) is 1.10. The number of aliphatic hydroxyl groups excluding tert-OH is 1. The number of hydrogen-bond donors (Lipinski definition) is 2. The third kappa shape index (κ3) is 3.73. The first-order valence-electron chi connectivity index (χ1n) is 6.84. The summed E-state index contributed by atoms with van der Waals surface area (Å²) in [7, 11) is 0. The van der Waals surface area contributed by atoms with Crippen molar-refractivity contribution in [2.24, 2.45) is 0 Å². The van der Waals surface area contributed by atoms with Crippen LogP contribution in [-0.4, -0.2) is 30.8 Å². The van der Waals surface area contributed by atoms with Gasteiger partial charge in [0.05, 0.1) is 6.42 Å². The van der Waals surface area contributed by atoms with E-state index in [0.717, 1.165) is 18.5 Å². The fraction of sp³-hybridized carbons (Fsp3) is 0.429. The molecule has 120 valence electrons. The van der Waals surface area contributed by atoms with Gasteiger partial charge in [-0.15, -0.1) is 12.4 Å². The number of aromatic nitrogens is 3. The molecular formula is C14H18ClN3O4. The first-order chi connectivity index (χ1) is 10.0. The van der Waals surface area contributed by atoms with Gasteiger partial charge in [-0.3, -0.25) is 9.59 Å². The normalized spacial score (nSPS) is 12.0. The average Bonchev–Trinajstić information content (AvgIpc) is 2.91. The van der Waals surface area contributed by atoms with Gasteiger partial charge in [0.2, 0.25) is 0 Å². The highest BCUT2D eigenvalue weighted by molar-refractivity contribution is 5.85. The Bertz CT molecular complexity index is 772. The van der Waals surface area contributed by atoms with Crippen LogP contribution in [0.25, 0.3) is 11.4 Å². The number of hydrogen-bond acceptors (Lipinski definition) is 5. The van der Waals surface area contributed by atoms with Crippen molar-refractivity contribution in [2.45, 2.75) is 39.0 Å². The molecule has 0 aliphatic rings. The molecule has 0 aromatic carbocycles. The number of aliphatic carboxylic acids is 1. The molecular weight excluding hydrogens is 310 g/mol. The fourth-order valence-electron chi connectivity index (χ4n) is 2.17. The maximum absolute atomic E-state index is 12.2. The second kappa shape index (κ2) is 7.74. The Balaban J connectivity index is 0.00000242. The van der Waals surface area contributed by atoms with E-state index < -0.39 is 5.97 Å². The molecule has 0 atom stereocenters. The maximum Gasteiger partial charge on any atom is 0.303 e. The zero-order valence-electron chi connectivity index (χ0n) is 12.2. The molecule has 0 unspecified atom stereocenters. The van der Waals surface area contributed by atoms with Crippen LogP contribution in [0.5, 0.6) is 0 Å². The quantitative estimate of drug-likeness (QED) is 0.823. The van der Waals surface area contributed by atoms with Crippen molar-refractivity contribution in [2.75, 3.05) is 0 Å². The molecule has 0 bridgehead atoms. The Morgan fingerprint density at radius 3 is 2.68 bits per heavy atom. The number of aryl methyl sites for hydroxylation is 1. The summed E-state index contributed by atoms with van der Waals surface area (Å²) in [6.07, 6.45) is 3.56. The molecule has 2 rings (SSSR count). The van der Waals surface area contributed by atoms with Gasteiger partial charge in [-0.25, -0.2) is 9.50 Å². The summed E-state index contributed by atoms with van der Waals surface area (Å²) in [5.74, 6) is -1.30. The SMILES string of the molecule is CCCCc1cc(=O)c(=C(O)CCC(=O)O)c2ncnn12.Cl. The molecule has 2 aromatic rings. The Labute approximate surface area is 132 Å². The fourth-order valence-corrected chi connectivity index (χ4v) is 2.17. The number of unbranched alkanes of at least 4 members (excludes halogenated alkanes) is 1. The Morgan fingerprint density at radius 1 is 1.32 bits per heavy atom. The highest BCUT2D eigenvalue weighted by Crippen LogP contribution is 2.05. The number of fused-ring (bicyclic) bond motifs is 1. The third-order valence-corrected chi connectivity index (χ3v) is 3.24. The van der Waals surface area contributed by atoms with Gasteiger partial charge in [-0.2, -0.15) is 5.10 Å². The monoisotopic (exact) mass is 327 g/mol. The molecule has 2 aromatic heterocycles. The lowest BCUT2D eigenvalue weighted by atomic mass is 10.1. The Kier molecular flexibility index (Phi) is 6.30. The van der Waals surface area contributed by atoms with E-state index in [4.69, 9.17) is 5.11 Å². The number of carboxylic acid groups (broad SMARTS) is 1. The lowest BCUT2D eigenvalue weighted by molar-refractivity contribution is -0.136. The van der Waals surface area contributed by atoms with E-state index in [-0.39, 0.29) is 47.3 Å². The summed E-state index contributed by atoms with van der Waals surface area (Å²) < 4.78 is 1.53. The summed E-state index contributed by atoms with van der Waals surface area (Å²) in [5, 5.41) is 22.8. The van der Waals surface area contributed by atoms with Crippen molar-refractivity contribution >= 4 is 29.8 Å². The van der Waals surface area contributed by atoms with E-state index in [9.17, 15) is 14.7 Å². The second-order valence-electron chi connectivity index (χ2n) is 4.81. The minimum absolute atomic E-state index is 0. The van der Waals surface area contributed by atoms with Gasteiger partial charge >= 0.3 is 5.97 Å². The number of halogens is 1. The highest BCUT2D eigenvalue weighted by atomic mass is 35.5. The van der Waals surface area contributed by atoms with Crippen molar-refractivity contribution in [3.05, 3.63) is 33.5 Å². The molecule has 8 heteroatoms. The molecule has 2 heterocycles. The number of carbonyl (C=O) groups is 1. The first-order valence-corrected chi connectivity index (χ1v) is 6.84. The first kappa shape index (κ1) is 17.9. The summed E-state index contributed by atoms with van der Waals surface area (Å²) in [4.78, 5) is 26.8. The minimum atomic E-state index is -1.04. The number of pyridine rings is 1. The average molecular weight is 328 g/mol. The van der Waals surface area contributed by atoms with Crippen LogP contribution in [-0.2, 0) is 11.2 Å². The molecule has 7 nitrogen and oxygen atoms in total. The molecule has 2 N–H and O–H groups in total. The zero-order valence-corrected chi connectivity index (χ0v) is 13.0. The van der Waals surface area contributed by atoms with E-state index in [2.05, 4.69) is 17.0 Å². The smallest absolute Gasteiger partial charge is 0.303 e. The van der Waals surface area contributed by atoms with Crippen LogP contribution in [0.3, 0.4) is 0 Å². The number of nitrogens with zero attached hydrogens (tertiary/aromatic N) is 3. The molecule has 0 saturated carbocycles. The van der Waals surface area contributed by atoms with Crippen molar-refractivity contribution in [1.82, 2.24) is 14.6 Å². The van der Waals surface area contributed by atoms with E-state index >= 15 is 0 Å². The number of carboxylic acids is 1. The van der Waals surface area contributed by atoms with E-state index in [1.165, 1.54) is 16.9 Å². The largest absolute Gasteiger partial charge is 0.511 e. The third-order valence-electron chi connectivity index (χ3n) is 3.24. The summed E-state index contributed by atoms with van der Waals surface area (Å²) in [5.41, 5.74) is 0.658. The Hall–Kier alpha value is -2.15. The van der Waals surface area contributed by atoms with E-state index in [1.54, 1.807) is 0 Å². The van der Waals surface area contributed by atoms with Crippen LogP contribution in [0.1, 0.15) is 38.3 Å². The van der Waals surface area contributed by atoms with Gasteiger partial charge in [0, 0.05) is 18.2 Å². The van der Waals surface area contributed by atoms with E-state index in [0.29, 0.717) is 6.42 Å².